The monoisotopic (exact) mass is 142 g/mol. The number of hydrogen-bond acceptors (Lipinski definition) is 3. The molecule has 0 aromatic carbocycles. The molecule has 56 valence electrons. The first-order chi connectivity index (χ1) is 4.81. The second-order valence-corrected chi connectivity index (χ2v) is 1.49. The molecule has 0 aromatic heterocycles. The van der Waals surface area contributed by atoms with Crippen LogP contribution in [0.4, 0.5) is 0 Å². The van der Waals surface area contributed by atoms with E-state index in [2.05, 4.69) is 4.74 Å². The van der Waals surface area contributed by atoms with Crippen LogP contribution in [0.3, 0.4) is 0 Å². The lowest BCUT2D eigenvalue weighted by Crippen LogP contribution is -1.92. The van der Waals surface area contributed by atoms with Crippen molar-refractivity contribution in [3.8, 4) is 0 Å². The molecule has 1 N–H and O–H groups in total. The molecule has 0 aromatic rings. The SMILES string of the molecule is COC(=O)C=CC=CCO. The van der Waals surface area contributed by atoms with Gasteiger partial charge in [0.25, 0.3) is 0 Å². The van der Waals surface area contributed by atoms with Crippen molar-refractivity contribution in [2.24, 2.45) is 0 Å². The second-order valence-electron chi connectivity index (χ2n) is 1.49. The van der Waals surface area contributed by atoms with Crippen molar-refractivity contribution in [1.82, 2.24) is 0 Å². The zero-order valence-electron chi connectivity index (χ0n) is 5.78. The van der Waals surface area contributed by atoms with Crippen LogP contribution in [0.25, 0.3) is 0 Å². The number of carbonyl (C=O) groups is 1. The van der Waals surface area contributed by atoms with Crippen LogP contribution in [0.15, 0.2) is 24.3 Å². The molecule has 0 rings (SSSR count). The number of methoxy groups -OCH3 is 1. The van der Waals surface area contributed by atoms with Crippen LogP contribution < -0.4 is 0 Å². The molecule has 0 aliphatic carbocycles. The first kappa shape index (κ1) is 8.91. The van der Waals surface area contributed by atoms with Gasteiger partial charge in [0.05, 0.1) is 13.7 Å². The Morgan fingerprint density at radius 1 is 1.60 bits per heavy atom. The van der Waals surface area contributed by atoms with E-state index in [1.807, 2.05) is 0 Å². The summed E-state index contributed by atoms with van der Waals surface area (Å²) in [5.74, 6) is -0.400. The number of rotatable bonds is 3. The van der Waals surface area contributed by atoms with E-state index in [0.717, 1.165) is 0 Å². The average Bonchev–Trinajstić information content (AvgIpc) is 1.98. The van der Waals surface area contributed by atoms with Gasteiger partial charge in [-0.1, -0.05) is 18.2 Å². The molecule has 0 saturated heterocycles. The number of aliphatic hydroxyl groups is 1. The normalized spacial score (nSPS) is 11.0. The maximum absolute atomic E-state index is 10.4. The van der Waals surface area contributed by atoms with Gasteiger partial charge in [0.2, 0.25) is 0 Å². The number of allylic oxidation sites excluding steroid dienone is 2. The van der Waals surface area contributed by atoms with Crippen LogP contribution in [0.5, 0.6) is 0 Å². The van der Waals surface area contributed by atoms with Gasteiger partial charge in [-0.25, -0.2) is 4.79 Å². The molecule has 0 amide bonds. The summed E-state index contributed by atoms with van der Waals surface area (Å²) in [6.45, 7) is -0.0223. The lowest BCUT2D eigenvalue weighted by Gasteiger charge is -1.85. The average molecular weight is 142 g/mol. The Bertz CT molecular complexity index is 147. The molecular weight excluding hydrogens is 132 g/mol. The molecular formula is C7H10O3. The van der Waals surface area contributed by atoms with Crippen molar-refractivity contribution >= 4 is 5.97 Å². The fourth-order valence-corrected chi connectivity index (χ4v) is 0.342. The van der Waals surface area contributed by atoms with Gasteiger partial charge < -0.3 is 9.84 Å². The zero-order chi connectivity index (χ0) is 7.82. The van der Waals surface area contributed by atoms with Crippen molar-refractivity contribution in [2.45, 2.75) is 0 Å². The Hall–Kier alpha value is -1.09. The Kier molecular flexibility index (Phi) is 5.38. The summed E-state index contributed by atoms with van der Waals surface area (Å²) in [4.78, 5) is 10.4. The minimum atomic E-state index is -0.400. The fourth-order valence-electron chi connectivity index (χ4n) is 0.342. The molecule has 3 heteroatoms. The summed E-state index contributed by atoms with van der Waals surface area (Å²) in [6.07, 6.45) is 5.85. The third kappa shape index (κ3) is 5.05. The molecule has 3 nitrogen and oxygen atoms in total. The molecule has 10 heavy (non-hydrogen) atoms. The standard InChI is InChI=1S/C7H10O3/c1-10-7(9)5-3-2-4-6-8/h2-5,8H,6H2,1H3. The van der Waals surface area contributed by atoms with Crippen molar-refractivity contribution in [3.63, 3.8) is 0 Å². The van der Waals surface area contributed by atoms with E-state index in [1.165, 1.54) is 25.3 Å². The van der Waals surface area contributed by atoms with Gasteiger partial charge >= 0.3 is 5.97 Å². The number of carbonyl (C=O) groups excluding carboxylic acids is 1. The summed E-state index contributed by atoms with van der Waals surface area (Å²) in [7, 11) is 1.31. The van der Waals surface area contributed by atoms with Gasteiger partial charge in [-0.15, -0.1) is 0 Å². The van der Waals surface area contributed by atoms with E-state index in [-0.39, 0.29) is 6.61 Å². The van der Waals surface area contributed by atoms with E-state index < -0.39 is 5.97 Å². The molecule has 0 fully saturated rings. The van der Waals surface area contributed by atoms with Crippen LogP contribution in [0.2, 0.25) is 0 Å². The van der Waals surface area contributed by atoms with E-state index in [4.69, 9.17) is 5.11 Å². The second kappa shape index (κ2) is 6.04. The maximum Gasteiger partial charge on any atom is 0.330 e. The summed E-state index contributed by atoms with van der Waals surface area (Å²) in [6, 6.07) is 0. The zero-order valence-corrected chi connectivity index (χ0v) is 5.78. The van der Waals surface area contributed by atoms with Gasteiger partial charge in [0.1, 0.15) is 0 Å². The van der Waals surface area contributed by atoms with E-state index in [9.17, 15) is 4.79 Å². The molecule has 0 heterocycles. The van der Waals surface area contributed by atoms with Crippen molar-refractivity contribution in [1.29, 1.82) is 0 Å². The number of ether oxygens (including phenoxy) is 1. The Labute approximate surface area is 59.6 Å². The minimum absolute atomic E-state index is 0.0223. The Balaban J connectivity index is 3.55. The van der Waals surface area contributed by atoms with Crippen LogP contribution in [-0.2, 0) is 9.53 Å². The molecule has 0 aliphatic heterocycles. The Morgan fingerprint density at radius 3 is 2.80 bits per heavy atom. The highest BCUT2D eigenvalue weighted by Gasteiger charge is 1.85. The van der Waals surface area contributed by atoms with Crippen molar-refractivity contribution < 1.29 is 14.6 Å². The molecule has 0 aliphatic rings. The van der Waals surface area contributed by atoms with Gasteiger partial charge in [-0.2, -0.15) is 0 Å². The lowest BCUT2D eigenvalue weighted by atomic mass is 10.4. The van der Waals surface area contributed by atoms with Crippen molar-refractivity contribution in [2.75, 3.05) is 13.7 Å². The number of hydrogen-bond donors (Lipinski definition) is 1. The molecule has 0 bridgehead atoms. The fraction of sp³-hybridized carbons (Fsp3) is 0.286. The third-order valence-corrected chi connectivity index (χ3v) is 0.786. The van der Waals surface area contributed by atoms with Crippen LogP contribution in [0, 0.1) is 0 Å². The Morgan fingerprint density at radius 2 is 2.30 bits per heavy atom. The largest absolute Gasteiger partial charge is 0.466 e. The van der Waals surface area contributed by atoms with Crippen molar-refractivity contribution in [3.05, 3.63) is 24.3 Å². The van der Waals surface area contributed by atoms with Gasteiger partial charge in [-0.05, 0) is 0 Å². The highest BCUT2D eigenvalue weighted by Crippen LogP contribution is 1.79. The van der Waals surface area contributed by atoms with E-state index in [0.29, 0.717) is 0 Å². The van der Waals surface area contributed by atoms with E-state index in [1.54, 1.807) is 6.08 Å². The summed E-state index contributed by atoms with van der Waals surface area (Å²) in [5.41, 5.74) is 0. The number of esters is 1. The molecule has 0 unspecified atom stereocenters. The minimum Gasteiger partial charge on any atom is -0.466 e. The van der Waals surface area contributed by atoms with Gasteiger partial charge in [-0.3, -0.25) is 0 Å². The molecule has 0 atom stereocenters. The summed E-state index contributed by atoms with van der Waals surface area (Å²) in [5, 5.41) is 8.25. The quantitative estimate of drug-likeness (QED) is 0.349. The number of aliphatic hydroxyl groups excluding tert-OH is 1. The first-order valence-electron chi connectivity index (χ1n) is 2.83. The first-order valence-corrected chi connectivity index (χ1v) is 2.83. The van der Waals surface area contributed by atoms with Gasteiger partial charge in [0, 0.05) is 6.08 Å². The summed E-state index contributed by atoms with van der Waals surface area (Å²) < 4.78 is 4.31. The highest BCUT2D eigenvalue weighted by atomic mass is 16.5. The van der Waals surface area contributed by atoms with E-state index >= 15 is 0 Å². The third-order valence-electron chi connectivity index (χ3n) is 0.786. The predicted octanol–water partition coefficient (Wildman–Crippen LogP) is 0.264. The van der Waals surface area contributed by atoms with Crippen LogP contribution in [-0.4, -0.2) is 24.8 Å². The maximum atomic E-state index is 10.4. The highest BCUT2D eigenvalue weighted by molar-refractivity contribution is 5.82. The van der Waals surface area contributed by atoms with Gasteiger partial charge in [0.15, 0.2) is 0 Å². The molecule has 0 saturated carbocycles. The lowest BCUT2D eigenvalue weighted by molar-refractivity contribution is -0.134. The van der Waals surface area contributed by atoms with Crippen LogP contribution >= 0.6 is 0 Å². The predicted molar refractivity (Wildman–Crippen MR) is 37.4 cm³/mol. The molecule has 0 radical (unpaired) electrons. The smallest absolute Gasteiger partial charge is 0.330 e. The molecule has 0 spiro atoms. The van der Waals surface area contributed by atoms with Crippen LogP contribution in [0.1, 0.15) is 0 Å². The topological polar surface area (TPSA) is 46.5 Å². The summed E-state index contributed by atoms with van der Waals surface area (Å²) >= 11 is 0.